The van der Waals surface area contributed by atoms with Crippen LogP contribution in [0.3, 0.4) is 0 Å². The van der Waals surface area contributed by atoms with Crippen molar-refractivity contribution in [1.82, 2.24) is 5.32 Å². The molecule has 27 heavy (non-hydrogen) atoms. The molecule has 1 aliphatic heterocycles. The van der Waals surface area contributed by atoms with Crippen LogP contribution in [0.25, 0.3) is 0 Å². The number of hydrogen-bond donors (Lipinski definition) is 2. The largest absolute Gasteiger partial charge is 0.496 e. The number of nitrogen functional groups attached to an aromatic ring is 1. The molecule has 1 saturated heterocycles. The summed E-state index contributed by atoms with van der Waals surface area (Å²) in [6, 6.07) is 5.93. The van der Waals surface area contributed by atoms with Crippen molar-refractivity contribution in [3.8, 4) is 5.75 Å². The van der Waals surface area contributed by atoms with Crippen molar-refractivity contribution >= 4 is 29.1 Å². The second-order valence-corrected chi connectivity index (χ2v) is 8.82. The number of methoxy groups -OCH3 is 1. The molecule has 2 atom stereocenters. The molecule has 1 aromatic carbocycles. The number of aliphatic imine (C=N–C) groups is 1. The fourth-order valence-electron chi connectivity index (χ4n) is 3.64. The number of nitrogens with two attached hydrogens (primary N) is 1. The zero-order valence-electron chi connectivity index (χ0n) is 16.9. The molecule has 1 aliphatic carbocycles. The number of amidine groups is 1. The van der Waals surface area contributed by atoms with E-state index in [4.69, 9.17) is 10.5 Å². The van der Waals surface area contributed by atoms with Gasteiger partial charge in [-0.2, -0.15) is 0 Å². The fraction of sp³-hybridized carbons (Fsp3) is 0.600. The summed E-state index contributed by atoms with van der Waals surface area (Å²) in [5, 5.41) is 4.70. The van der Waals surface area contributed by atoms with Gasteiger partial charge in [-0.25, -0.2) is 0 Å². The van der Waals surface area contributed by atoms with Crippen LogP contribution in [0, 0.1) is 5.92 Å². The van der Waals surface area contributed by atoms with E-state index >= 15 is 0 Å². The summed E-state index contributed by atoms with van der Waals surface area (Å²) in [5.74, 6) is 2.63. The lowest BCUT2D eigenvalue weighted by Gasteiger charge is -2.42. The van der Waals surface area contributed by atoms with Gasteiger partial charge in [0.25, 0.3) is 6.47 Å². The lowest BCUT2D eigenvalue weighted by atomic mass is 9.80. The van der Waals surface area contributed by atoms with E-state index in [0.29, 0.717) is 12.4 Å². The van der Waals surface area contributed by atoms with Gasteiger partial charge in [0.2, 0.25) is 0 Å². The van der Waals surface area contributed by atoms with E-state index in [1.54, 1.807) is 7.11 Å². The number of hydrogen-bond acceptors (Lipinski definition) is 6. The fourth-order valence-corrected chi connectivity index (χ4v) is 4.83. The first-order valence-corrected chi connectivity index (χ1v) is 10.2. The predicted molar refractivity (Wildman–Crippen MR) is 112 cm³/mol. The number of fused-ring (bicyclic) bond motifs is 1. The van der Waals surface area contributed by atoms with Gasteiger partial charge in [0.15, 0.2) is 5.17 Å². The van der Waals surface area contributed by atoms with Crippen molar-refractivity contribution in [1.29, 1.82) is 0 Å². The van der Waals surface area contributed by atoms with E-state index < -0.39 is 0 Å². The maximum absolute atomic E-state index is 9.60. The van der Waals surface area contributed by atoms with E-state index in [0.717, 1.165) is 28.8 Å². The highest BCUT2D eigenvalue weighted by Gasteiger charge is 2.48. The molecule has 2 fully saturated rings. The highest BCUT2D eigenvalue weighted by atomic mass is 32.2. The quantitative estimate of drug-likeness (QED) is 0.603. The number of anilines is 1. The Balaban J connectivity index is 0.000000321. The van der Waals surface area contributed by atoms with Crippen molar-refractivity contribution in [3.05, 3.63) is 23.8 Å². The molecule has 7 heteroatoms. The lowest BCUT2D eigenvalue weighted by Crippen LogP contribution is -2.52. The number of benzene rings is 1. The molecule has 1 heterocycles. The third-order valence-electron chi connectivity index (χ3n) is 4.88. The monoisotopic (exact) mass is 393 g/mol. The minimum Gasteiger partial charge on any atom is -0.496 e. The summed E-state index contributed by atoms with van der Waals surface area (Å²) in [5.41, 5.74) is 7.60. The smallest absolute Gasteiger partial charge is 0.293 e. The molecule has 2 unspecified atom stereocenters. The Kier molecular flexibility index (Phi) is 7.03. The molecule has 2 aliphatic rings. The second-order valence-electron chi connectivity index (χ2n) is 7.81. The van der Waals surface area contributed by atoms with Crippen LogP contribution < -0.4 is 15.8 Å². The average molecular weight is 394 g/mol. The van der Waals surface area contributed by atoms with Gasteiger partial charge in [0.1, 0.15) is 11.4 Å². The van der Waals surface area contributed by atoms with Crippen LogP contribution in [0.5, 0.6) is 5.75 Å². The minimum atomic E-state index is -0.318. The normalized spacial score (nSPS) is 25.7. The van der Waals surface area contributed by atoms with Crippen LogP contribution >= 0.6 is 11.8 Å². The zero-order valence-corrected chi connectivity index (χ0v) is 17.7. The summed E-state index contributed by atoms with van der Waals surface area (Å²) in [6.45, 7) is 5.92. The molecule has 1 saturated carbocycles. The predicted octanol–water partition coefficient (Wildman–Crippen LogP) is 3.55. The van der Waals surface area contributed by atoms with Gasteiger partial charge in [0.05, 0.1) is 12.6 Å². The first-order chi connectivity index (χ1) is 12.8. The molecule has 150 valence electrons. The summed E-state index contributed by atoms with van der Waals surface area (Å²) in [7, 11) is 3.57. The highest BCUT2D eigenvalue weighted by molar-refractivity contribution is 8.13. The van der Waals surface area contributed by atoms with E-state index in [9.17, 15) is 4.79 Å². The molecule has 6 nitrogen and oxygen atoms in total. The Morgan fingerprint density at radius 1 is 1.41 bits per heavy atom. The molecular formula is C20H31N3O3S. The Hall–Kier alpha value is -1.89. The van der Waals surface area contributed by atoms with Crippen LogP contribution in [0.4, 0.5) is 5.69 Å². The van der Waals surface area contributed by atoms with Crippen molar-refractivity contribution in [2.75, 3.05) is 25.6 Å². The first kappa shape index (κ1) is 21.4. The van der Waals surface area contributed by atoms with Crippen molar-refractivity contribution in [2.45, 2.75) is 51.2 Å². The van der Waals surface area contributed by atoms with E-state index in [2.05, 4.69) is 21.1 Å². The van der Waals surface area contributed by atoms with Crippen LogP contribution in [0.2, 0.25) is 0 Å². The molecule has 3 N–H and O–H groups in total. The maximum atomic E-state index is 9.60. The highest BCUT2D eigenvalue weighted by Crippen LogP contribution is 2.50. The van der Waals surface area contributed by atoms with Gasteiger partial charge in [0, 0.05) is 24.1 Å². The summed E-state index contributed by atoms with van der Waals surface area (Å²) in [4.78, 5) is 14.0. The van der Waals surface area contributed by atoms with E-state index in [-0.39, 0.29) is 11.1 Å². The topological polar surface area (TPSA) is 85.9 Å². The van der Waals surface area contributed by atoms with Crippen LogP contribution in [-0.2, 0) is 15.1 Å². The Morgan fingerprint density at radius 3 is 2.70 bits per heavy atom. The molecule has 0 bridgehead atoms. The number of carbonyl (C=O) groups is 1. The Morgan fingerprint density at radius 2 is 2.15 bits per heavy atom. The van der Waals surface area contributed by atoms with Gasteiger partial charge < -0.3 is 20.5 Å². The number of ether oxygens (including phenoxy) is 2. The first-order valence-electron chi connectivity index (χ1n) is 9.19. The van der Waals surface area contributed by atoms with Gasteiger partial charge in [-0.1, -0.05) is 18.2 Å². The molecule has 3 rings (SSSR count). The van der Waals surface area contributed by atoms with E-state index in [1.807, 2.05) is 51.7 Å². The van der Waals surface area contributed by atoms with Gasteiger partial charge >= 0.3 is 0 Å². The minimum absolute atomic E-state index is 0.0686. The standard InChI is InChI=1S/C15H21N3OS.C5H10O2/c1-17-14-18-15(7-3-4-10(15)9-20-14)12-8-11(16)5-6-13(12)19-2;1-5(2,3)7-4-6/h5-6,8,10H,3-4,7,9,16H2,1-2H3,(H,17,18);4H,1-3H3. The molecule has 0 amide bonds. The summed E-state index contributed by atoms with van der Waals surface area (Å²) in [6.07, 6.45) is 3.58. The number of nitrogens with one attached hydrogen (secondary N) is 1. The van der Waals surface area contributed by atoms with Gasteiger partial charge in [-0.3, -0.25) is 9.79 Å². The maximum Gasteiger partial charge on any atom is 0.293 e. The van der Waals surface area contributed by atoms with Crippen LogP contribution in [0.1, 0.15) is 45.6 Å². The molecular weight excluding hydrogens is 362 g/mol. The van der Waals surface area contributed by atoms with Gasteiger partial charge in [-0.05, 0) is 57.7 Å². The zero-order chi connectivity index (χ0) is 20.1. The van der Waals surface area contributed by atoms with Gasteiger partial charge in [-0.15, -0.1) is 0 Å². The number of rotatable bonds is 3. The summed E-state index contributed by atoms with van der Waals surface area (Å²) >= 11 is 1.82. The van der Waals surface area contributed by atoms with Crippen LogP contribution in [-0.4, -0.2) is 37.2 Å². The third-order valence-corrected chi connectivity index (χ3v) is 6.01. The Bertz CT molecular complexity index is 688. The third kappa shape index (κ3) is 5.09. The van der Waals surface area contributed by atoms with Crippen molar-refractivity contribution < 1.29 is 14.3 Å². The molecule has 1 aromatic rings. The average Bonchev–Trinajstić information content (AvgIpc) is 3.05. The van der Waals surface area contributed by atoms with Crippen molar-refractivity contribution in [3.63, 3.8) is 0 Å². The number of carbonyl (C=O) groups excluding carboxylic acids is 1. The number of thioether (sulfide) groups is 1. The van der Waals surface area contributed by atoms with Crippen molar-refractivity contribution in [2.24, 2.45) is 10.9 Å². The SMILES string of the molecule is CC(C)(C)OC=O.CN=C1NC2(c3cc(N)ccc3OC)CCCC2CS1. The van der Waals surface area contributed by atoms with Crippen LogP contribution in [0.15, 0.2) is 23.2 Å². The number of nitrogens with zero attached hydrogens (tertiary/aromatic N) is 1. The Labute approximate surface area is 166 Å². The lowest BCUT2D eigenvalue weighted by molar-refractivity contribution is -0.138. The molecule has 0 spiro atoms. The summed E-state index contributed by atoms with van der Waals surface area (Å²) < 4.78 is 10.1. The molecule has 0 aromatic heterocycles. The van der Waals surface area contributed by atoms with E-state index in [1.165, 1.54) is 18.4 Å². The second kappa shape index (κ2) is 8.87. The molecule has 0 radical (unpaired) electrons.